The minimum atomic E-state index is -0.378. The SMILES string of the molecule is O=C(CCc1ncc(-c2ccccc2F)o1)NCc1cn2cc(Cl)ccc2n1. The average molecular weight is 399 g/mol. The molecule has 3 heterocycles. The fraction of sp³-hybridized carbons (Fsp3) is 0.150. The van der Waals surface area contributed by atoms with Gasteiger partial charge >= 0.3 is 0 Å². The Kier molecular flexibility index (Phi) is 5.08. The van der Waals surface area contributed by atoms with Crippen molar-refractivity contribution in [3.8, 4) is 11.3 Å². The van der Waals surface area contributed by atoms with Crippen LogP contribution in [0.15, 0.2) is 59.4 Å². The van der Waals surface area contributed by atoms with Crippen molar-refractivity contribution in [2.24, 2.45) is 0 Å². The van der Waals surface area contributed by atoms with Crippen molar-refractivity contribution >= 4 is 23.2 Å². The van der Waals surface area contributed by atoms with Crippen molar-refractivity contribution in [1.29, 1.82) is 0 Å². The van der Waals surface area contributed by atoms with Gasteiger partial charge in [0, 0.05) is 25.2 Å². The third-order valence-electron chi connectivity index (χ3n) is 4.19. The highest BCUT2D eigenvalue weighted by Crippen LogP contribution is 2.23. The van der Waals surface area contributed by atoms with E-state index in [4.69, 9.17) is 16.0 Å². The number of hydrogen-bond acceptors (Lipinski definition) is 4. The number of fused-ring (bicyclic) bond motifs is 1. The maximum Gasteiger partial charge on any atom is 0.220 e. The van der Waals surface area contributed by atoms with Crippen LogP contribution in [0.2, 0.25) is 5.02 Å². The van der Waals surface area contributed by atoms with Gasteiger partial charge in [0.15, 0.2) is 11.7 Å². The van der Waals surface area contributed by atoms with Crippen LogP contribution in [0.5, 0.6) is 0 Å². The monoisotopic (exact) mass is 398 g/mol. The van der Waals surface area contributed by atoms with Crippen molar-refractivity contribution < 1.29 is 13.6 Å². The van der Waals surface area contributed by atoms with Gasteiger partial charge in [-0.15, -0.1) is 0 Å². The van der Waals surface area contributed by atoms with Crippen LogP contribution >= 0.6 is 11.6 Å². The first-order valence-corrected chi connectivity index (χ1v) is 9.06. The van der Waals surface area contributed by atoms with Gasteiger partial charge in [0.05, 0.1) is 29.0 Å². The first-order chi connectivity index (χ1) is 13.6. The molecule has 0 aliphatic carbocycles. The number of carbonyl (C=O) groups excluding carboxylic acids is 1. The van der Waals surface area contributed by atoms with Gasteiger partial charge in [-0.25, -0.2) is 14.4 Å². The second-order valence-corrected chi connectivity index (χ2v) is 6.66. The summed E-state index contributed by atoms with van der Waals surface area (Å²) in [5, 5.41) is 3.43. The van der Waals surface area contributed by atoms with Crippen LogP contribution in [-0.4, -0.2) is 20.3 Å². The molecule has 142 valence electrons. The number of aryl methyl sites for hydroxylation is 1. The summed E-state index contributed by atoms with van der Waals surface area (Å²) in [5.74, 6) is 0.199. The zero-order valence-electron chi connectivity index (χ0n) is 14.7. The van der Waals surface area contributed by atoms with Crippen LogP contribution in [0.4, 0.5) is 4.39 Å². The van der Waals surface area contributed by atoms with Gasteiger partial charge in [-0.2, -0.15) is 0 Å². The largest absolute Gasteiger partial charge is 0.441 e. The molecular weight excluding hydrogens is 383 g/mol. The zero-order valence-corrected chi connectivity index (χ0v) is 15.5. The van der Waals surface area contributed by atoms with E-state index in [0.29, 0.717) is 35.2 Å². The summed E-state index contributed by atoms with van der Waals surface area (Å²) in [4.78, 5) is 20.6. The Bertz CT molecular complexity index is 1140. The molecule has 0 aliphatic rings. The highest BCUT2D eigenvalue weighted by Gasteiger charge is 2.12. The number of pyridine rings is 1. The lowest BCUT2D eigenvalue weighted by Crippen LogP contribution is -2.23. The van der Waals surface area contributed by atoms with Crippen LogP contribution in [0.3, 0.4) is 0 Å². The molecule has 0 unspecified atom stereocenters. The normalized spacial score (nSPS) is 11.1. The second-order valence-electron chi connectivity index (χ2n) is 6.22. The molecule has 1 aromatic carbocycles. The summed E-state index contributed by atoms with van der Waals surface area (Å²) < 4.78 is 21.2. The molecule has 0 saturated carbocycles. The van der Waals surface area contributed by atoms with Crippen LogP contribution in [-0.2, 0) is 17.8 Å². The van der Waals surface area contributed by atoms with E-state index in [9.17, 15) is 9.18 Å². The van der Waals surface area contributed by atoms with E-state index >= 15 is 0 Å². The summed E-state index contributed by atoms with van der Waals surface area (Å²) in [6.45, 7) is 0.310. The van der Waals surface area contributed by atoms with Crippen LogP contribution in [0.25, 0.3) is 17.0 Å². The van der Waals surface area contributed by atoms with Gasteiger partial charge in [-0.1, -0.05) is 23.7 Å². The molecule has 1 amide bonds. The van der Waals surface area contributed by atoms with E-state index in [0.717, 1.165) is 11.3 Å². The molecule has 0 spiro atoms. The van der Waals surface area contributed by atoms with Gasteiger partial charge in [0.2, 0.25) is 5.91 Å². The number of nitrogens with one attached hydrogen (secondary N) is 1. The maximum absolute atomic E-state index is 13.8. The summed E-state index contributed by atoms with van der Waals surface area (Å²) in [5.41, 5.74) is 1.83. The van der Waals surface area contributed by atoms with E-state index in [1.54, 1.807) is 34.9 Å². The lowest BCUT2D eigenvalue weighted by atomic mass is 10.2. The molecule has 1 N–H and O–H groups in total. The number of rotatable bonds is 6. The fourth-order valence-corrected chi connectivity index (χ4v) is 2.98. The standard InChI is InChI=1S/C20H16ClFN4O2/c21-13-5-6-18-25-14(12-26(18)11-13)9-23-19(27)7-8-20-24-10-17(28-20)15-3-1-2-4-16(15)22/h1-6,10-12H,7-9H2,(H,23,27). The molecular formula is C20H16ClFN4O2. The van der Waals surface area contributed by atoms with Crippen molar-refractivity contribution in [1.82, 2.24) is 19.7 Å². The van der Waals surface area contributed by atoms with Gasteiger partial charge < -0.3 is 14.1 Å². The Balaban J connectivity index is 1.31. The molecule has 0 fully saturated rings. The Hall–Kier alpha value is -3.19. The number of hydrogen-bond donors (Lipinski definition) is 1. The van der Waals surface area contributed by atoms with Crippen molar-refractivity contribution in [2.45, 2.75) is 19.4 Å². The number of nitrogens with zero attached hydrogens (tertiary/aromatic N) is 3. The molecule has 0 atom stereocenters. The molecule has 4 aromatic rings. The molecule has 3 aromatic heterocycles. The molecule has 6 nitrogen and oxygen atoms in total. The van der Waals surface area contributed by atoms with Crippen LogP contribution < -0.4 is 5.32 Å². The highest BCUT2D eigenvalue weighted by molar-refractivity contribution is 6.30. The van der Waals surface area contributed by atoms with Crippen LogP contribution in [0, 0.1) is 5.82 Å². The van der Waals surface area contributed by atoms with Crippen molar-refractivity contribution in [2.75, 3.05) is 0 Å². The number of imidazole rings is 1. The number of benzene rings is 1. The van der Waals surface area contributed by atoms with E-state index in [1.165, 1.54) is 12.3 Å². The zero-order chi connectivity index (χ0) is 19.5. The summed E-state index contributed by atoms with van der Waals surface area (Å²) in [6, 6.07) is 9.88. The lowest BCUT2D eigenvalue weighted by Gasteiger charge is -2.01. The third-order valence-corrected chi connectivity index (χ3v) is 4.41. The van der Waals surface area contributed by atoms with E-state index < -0.39 is 0 Å². The van der Waals surface area contributed by atoms with Gasteiger partial charge in [0.25, 0.3) is 0 Å². The first-order valence-electron chi connectivity index (χ1n) is 8.68. The van der Waals surface area contributed by atoms with Gasteiger partial charge in [-0.05, 0) is 24.3 Å². The average Bonchev–Trinajstić information content (AvgIpc) is 3.31. The Morgan fingerprint density at radius 3 is 2.93 bits per heavy atom. The summed E-state index contributed by atoms with van der Waals surface area (Å²) in [7, 11) is 0. The summed E-state index contributed by atoms with van der Waals surface area (Å²) in [6.07, 6.45) is 5.56. The molecule has 0 radical (unpaired) electrons. The number of carbonyl (C=O) groups is 1. The van der Waals surface area contributed by atoms with Crippen molar-refractivity contribution in [3.05, 3.63) is 77.4 Å². The van der Waals surface area contributed by atoms with Crippen LogP contribution in [0.1, 0.15) is 18.0 Å². The maximum atomic E-state index is 13.8. The molecule has 0 aliphatic heterocycles. The van der Waals surface area contributed by atoms with E-state index in [2.05, 4.69) is 15.3 Å². The molecule has 0 saturated heterocycles. The summed E-state index contributed by atoms with van der Waals surface area (Å²) >= 11 is 5.95. The van der Waals surface area contributed by atoms with Gasteiger partial charge in [0.1, 0.15) is 11.5 Å². The molecule has 4 rings (SSSR count). The first kappa shape index (κ1) is 18.2. The van der Waals surface area contributed by atoms with Gasteiger partial charge in [-0.3, -0.25) is 4.79 Å². The Morgan fingerprint density at radius 1 is 1.21 bits per heavy atom. The fourth-order valence-electron chi connectivity index (χ4n) is 2.81. The minimum absolute atomic E-state index is 0.152. The number of aromatic nitrogens is 3. The van der Waals surface area contributed by atoms with Crippen molar-refractivity contribution in [3.63, 3.8) is 0 Å². The number of halogens is 2. The molecule has 8 heteroatoms. The quantitative estimate of drug-likeness (QED) is 0.532. The molecule has 0 bridgehead atoms. The number of oxazole rings is 1. The Morgan fingerprint density at radius 2 is 2.07 bits per heavy atom. The highest BCUT2D eigenvalue weighted by atomic mass is 35.5. The smallest absolute Gasteiger partial charge is 0.220 e. The predicted molar refractivity (Wildman–Crippen MR) is 102 cm³/mol. The Labute approximate surface area is 165 Å². The predicted octanol–water partition coefficient (Wildman–Crippen LogP) is 4.03. The molecule has 28 heavy (non-hydrogen) atoms. The van der Waals surface area contributed by atoms with E-state index in [-0.39, 0.29) is 18.1 Å². The second kappa shape index (κ2) is 7.82. The topological polar surface area (TPSA) is 72.4 Å². The number of amides is 1. The minimum Gasteiger partial charge on any atom is -0.441 e. The lowest BCUT2D eigenvalue weighted by molar-refractivity contribution is -0.121. The van der Waals surface area contributed by atoms with E-state index in [1.807, 2.05) is 12.3 Å². The third kappa shape index (κ3) is 4.04.